The van der Waals surface area contributed by atoms with E-state index in [-0.39, 0.29) is 5.69 Å². The van der Waals surface area contributed by atoms with Crippen molar-refractivity contribution in [3.8, 4) is 0 Å². The average Bonchev–Trinajstić information content (AvgIpc) is 2.75. The van der Waals surface area contributed by atoms with Crippen LogP contribution in [0.4, 0.5) is 11.5 Å². The van der Waals surface area contributed by atoms with E-state index in [4.69, 9.17) is 0 Å². The molecular weight excluding hydrogens is 302 g/mol. The monoisotopic (exact) mass is 315 g/mol. The summed E-state index contributed by atoms with van der Waals surface area (Å²) in [5.74, 6) is 0.515. The van der Waals surface area contributed by atoms with Gasteiger partial charge in [-0.2, -0.15) is 0 Å². The van der Waals surface area contributed by atoms with Crippen molar-refractivity contribution in [1.29, 1.82) is 0 Å². The lowest BCUT2D eigenvalue weighted by atomic mass is 10.0. The molecule has 0 saturated heterocycles. The van der Waals surface area contributed by atoms with E-state index in [1.54, 1.807) is 0 Å². The Morgan fingerprint density at radius 2 is 2.22 bits per heavy atom. The van der Waals surface area contributed by atoms with Crippen molar-refractivity contribution in [2.45, 2.75) is 31.3 Å². The van der Waals surface area contributed by atoms with Crippen LogP contribution in [0.3, 0.4) is 0 Å². The third-order valence-electron chi connectivity index (χ3n) is 3.16. The minimum absolute atomic E-state index is 0.0630. The summed E-state index contributed by atoms with van der Waals surface area (Å²) in [6.45, 7) is 0.413. The van der Waals surface area contributed by atoms with E-state index in [0.29, 0.717) is 16.8 Å². The summed E-state index contributed by atoms with van der Waals surface area (Å²) in [6, 6.07) is 1.40. The molecule has 1 saturated carbocycles. The molecule has 0 unspecified atom stereocenters. The number of rotatable bonds is 4. The summed E-state index contributed by atoms with van der Waals surface area (Å²) in [5, 5.41) is 23.8. The second-order valence-electron chi connectivity index (χ2n) is 4.57. The normalized spacial score (nSPS) is 17.7. The zero-order chi connectivity index (χ0) is 13.2. The number of aromatic nitrogens is 1. The van der Waals surface area contributed by atoms with Crippen molar-refractivity contribution in [3.63, 3.8) is 0 Å². The predicted octanol–water partition coefficient (Wildman–Crippen LogP) is 2.47. The molecule has 1 aromatic heterocycles. The summed E-state index contributed by atoms with van der Waals surface area (Å²) < 4.78 is 0.526. The summed E-state index contributed by atoms with van der Waals surface area (Å²) in [4.78, 5) is 14.1. The highest BCUT2D eigenvalue weighted by Gasteiger charge is 2.31. The fourth-order valence-corrected chi connectivity index (χ4v) is 2.59. The van der Waals surface area contributed by atoms with Gasteiger partial charge in [-0.3, -0.25) is 10.1 Å². The Bertz CT molecular complexity index is 461. The van der Waals surface area contributed by atoms with Gasteiger partial charge in [0.1, 0.15) is 12.0 Å². The Morgan fingerprint density at radius 1 is 1.56 bits per heavy atom. The van der Waals surface area contributed by atoms with Gasteiger partial charge in [-0.15, -0.1) is 0 Å². The molecule has 2 N–H and O–H groups in total. The smallest absolute Gasteiger partial charge is 0.288 e. The van der Waals surface area contributed by atoms with Crippen molar-refractivity contribution in [2.24, 2.45) is 0 Å². The highest BCUT2D eigenvalue weighted by atomic mass is 79.9. The van der Waals surface area contributed by atoms with Crippen LogP contribution in [-0.4, -0.2) is 27.2 Å². The van der Waals surface area contributed by atoms with Crippen molar-refractivity contribution >= 4 is 27.4 Å². The Morgan fingerprint density at radius 3 is 2.78 bits per heavy atom. The minimum Gasteiger partial charge on any atom is -0.388 e. The van der Waals surface area contributed by atoms with Crippen LogP contribution in [0, 0.1) is 10.1 Å². The van der Waals surface area contributed by atoms with E-state index in [1.807, 2.05) is 0 Å². The van der Waals surface area contributed by atoms with Crippen LogP contribution in [0.2, 0.25) is 0 Å². The van der Waals surface area contributed by atoms with Gasteiger partial charge >= 0.3 is 0 Å². The van der Waals surface area contributed by atoms with Crippen LogP contribution in [0.15, 0.2) is 16.7 Å². The maximum atomic E-state index is 10.6. The van der Waals surface area contributed by atoms with Gasteiger partial charge in [0.15, 0.2) is 0 Å². The van der Waals surface area contributed by atoms with Crippen molar-refractivity contribution in [1.82, 2.24) is 4.98 Å². The van der Waals surface area contributed by atoms with E-state index >= 15 is 0 Å². The molecule has 0 aromatic carbocycles. The van der Waals surface area contributed by atoms with Crippen LogP contribution >= 0.6 is 15.9 Å². The zero-order valence-electron chi connectivity index (χ0n) is 9.73. The first kappa shape index (κ1) is 13.2. The second kappa shape index (κ2) is 5.19. The van der Waals surface area contributed by atoms with Gasteiger partial charge in [-0.05, 0) is 28.8 Å². The first-order valence-electron chi connectivity index (χ1n) is 5.76. The van der Waals surface area contributed by atoms with Crippen molar-refractivity contribution < 1.29 is 10.0 Å². The van der Waals surface area contributed by atoms with E-state index < -0.39 is 10.5 Å². The topological polar surface area (TPSA) is 88.3 Å². The van der Waals surface area contributed by atoms with Crippen LogP contribution in [0.25, 0.3) is 0 Å². The molecule has 1 aliphatic rings. The molecule has 1 heterocycles. The molecule has 1 fully saturated rings. The summed E-state index contributed by atoms with van der Waals surface area (Å²) in [6.07, 6.45) is 4.83. The summed E-state index contributed by atoms with van der Waals surface area (Å²) in [7, 11) is 0. The summed E-state index contributed by atoms with van der Waals surface area (Å²) in [5.41, 5.74) is -0.741. The van der Waals surface area contributed by atoms with Crippen LogP contribution in [0.1, 0.15) is 25.7 Å². The molecule has 0 aliphatic heterocycles. The van der Waals surface area contributed by atoms with Crippen molar-refractivity contribution in [2.75, 3.05) is 11.9 Å². The average molecular weight is 316 g/mol. The van der Waals surface area contributed by atoms with Crippen LogP contribution in [-0.2, 0) is 0 Å². The van der Waals surface area contributed by atoms with E-state index in [1.165, 1.54) is 12.3 Å². The molecule has 0 spiro atoms. The lowest BCUT2D eigenvalue weighted by Crippen LogP contribution is -2.33. The zero-order valence-corrected chi connectivity index (χ0v) is 11.3. The number of halogens is 1. The van der Waals surface area contributed by atoms with Crippen molar-refractivity contribution in [3.05, 3.63) is 26.9 Å². The van der Waals surface area contributed by atoms with Gasteiger partial charge in [0, 0.05) is 12.6 Å². The molecule has 0 radical (unpaired) electrons. The maximum absolute atomic E-state index is 10.6. The number of anilines is 1. The third-order valence-corrected chi connectivity index (χ3v) is 3.76. The largest absolute Gasteiger partial charge is 0.388 e. The van der Waals surface area contributed by atoms with E-state index in [9.17, 15) is 15.2 Å². The highest BCUT2D eigenvalue weighted by molar-refractivity contribution is 9.10. The number of pyridine rings is 1. The molecule has 18 heavy (non-hydrogen) atoms. The minimum atomic E-state index is -0.678. The second-order valence-corrected chi connectivity index (χ2v) is 5.42. The SMILES string of the molecule is O=[N+]([O-])c1cnc(NCC2(O)CCCC2)c(Br)c1. The molecule has 98 valence electrons. The van der Waals surface area contributed by atoms with E-state index in [0.717, 1.165) is 25.7 Å². The fourth-order valence-electron chi connectivity index (χ4n) is 2.12. The Kier molecular flexibility index (Phi) is 3.82. The predicted molar refractivity (Wildman–Crippen MR) is 70.5 cm³/mol. The standard InChI is InChI=1S/C11H14BrN3O3/c12-9-5-8(15(17)18)6-13-10(9)14-7-11(16)3-1-2-4-11/h5-6,16H,1-4,7H2,(H,13,14). The Balaban J connectivity index is 2.03. The van der Waals surface area contributed by atoms with Crippen LogP contribution in [0.5, 0.6) is 0 Å². The lowest BCUT2D eigenvalue weighted by molar-refractivity contribution is -0.385. The van der Waals surface area contributed by atoms with Crippen LogP contribution < -0.4 is 5.32 Å². The molecule has 0 amide bonds. The maximum Gasteiger partial charge on any atom is 0.288 e. The molecule has 6 nitrogen and oxygen atoms in total. The molecule has 1 aliphatic carbocycles. The number of hydrogen-bond donors (Lipinski definition) is 2. The molecule has 1 aromatic rings. The first-order valence-corrected chi connectivity index (χ1v) is 6.56. The quantitative estimate of drug-likeness (QED) is 0.658. The number of aliphatic hydroxyl groups is 1. The van der Waals surface area contributed by atoms with Gasteiger partial charge < -0.3 is 10.4 Å². The third kappa shape index (κ3) is 2.97. The Labute approximate surface area is 113 Å². The summed E-state index contributed by atoms with van der Waals surface area (Å²) >= 11 is 3.23. The van der Waals surface area contributed by atoms with Gasteiger partial charge in [-0.1, -0.05) is 12.8 Å². The number of hydrogen-bond acceptors (Lipinski definition) is 5. The molecule has 2 rings (SSSR count). The highest BCUT2D eigenvalue weighted by Crippen LogP contribution is 2.31. The van der Waals surface area contributed by atoms with Gasteiger partial charge in [0.2, 0.25) is 0 Å². The molecule has 7 heteroatoms. The molecule has 0 atom stereocenters. The first-order chi connectivity index (χ1) is 8.50. The fraction of sp³-hybridized carbons (Fsp3) is 0.545. The lowest BCUT2D eigenvalue weighted by Gasteiger charge is -2.22. The number of nitrogens with zero attached hydrogens (tertiary/aromatic N) is 2. The Hall–Kier alpha value is -1.21. The van der Waals surface area contributed by atoms with Gasteiger partial charge in [0.05, 0.1) is 15.0 Å². The number of nitro groups is 1. The molecule has 0 bridgehead atoms. The number of nitrogens with one attached hydrogen (secondary N) is 1. The van der Waals surface area contributed by atoms with E-state index in [2.05, 4.69) is 26.2 Å². The molecular formula is C11H14BrN3O3. The van der Waals surface area contributed by atoms with Gasteiger partial charge in [-0.25, -0.2) is 4.98 Å². The van der Waals surface area contributed by atoms with Gasteiger partial charge in [0.25, 0.3) is 5.69 Å².